The number of ether oxygens (including phenoxy) is 1. The van der Waals surface area contributed by atoms with Gasteiger partial charge in [-0.15, -0.1) is 0 Å². The third-order valence-electron chi connectivity index (χ3n) is 4.44. The molecule has 0 atom stereocenters. The molecule has 0 aromatic carbocycles. The number of likely N-dealkylation sites (tertiary alicyclic amines) is 1. The Morgan fingerprint density at radius 2 is 1.81 bits per heavy atom. The molecule has 0 N–H and O–H groups in total. The molecule has 1 aromatic heterocycles. The highest BCUT2D eigenvalue weighted by atomic mass is 16.7. The zero-order chi connectivity index (χ0) is 15.3. The maximum Gasteiger partial charge on any atom is 0.516 e. The van der Waals surface area contributed by atoms with Gasteiger partial charge in [-0.2, -0.15) is 0 Å². The minimum atomic E-state index is -0.505. The van der Waals surface area contributed by atoms with Crippen LogP contribution in [0.2, 0.25) is 0 Å². The van der Waals surface area contributed by atoms with E-state index in [0.717, 1.165) is 13.1 Å². The molecule has 0 amide bonds. The molecule has 7 heteroatoms. The Labute approximate surface area is 126 Å². The zero-order valence-electron chi connectivity index (χ0n) is 13.3. The van der Waals surface area contributed by atoms with Gasteiger partial charge in [0.15, 0.2) is 0 Å². The molecule has 2 saturated heterocycles. The lowest BCUT2D eigenvalue weighted by atomic mass is 9.85. The van der Waals surface area contributed by atoms with Gasteiger partial charge in [-0.3, -0.25) is 9.88 Å². The zero-order valence-corrected chi connectivity index (χ0v) is 13.3. The minimum Gasteiger partial charge on any atom is -0.471 e. The van der Waals surface area contributed by atoms with Crippen molar-refractivity contribution in [1.82, 2.24) is 14.9 Å². The van der Waals surface area contributed by atoms with Crippen molar-refractivity contribution < 1.29 is 14.0 Å². The minimum absolute atomic E-state index is 0.192. The molecule has 0 saturated carbocycles. The summed E-state index contributed by atoms with van der Waals surface area (Å²) < 4.78 is 17.8. The van der Waals surface area contributed by atoms with E-state index in [1.165, 1.54) is 0 Å². The van der Waals surface area contributed by atoms with Crippen LogP contribution in [-0.2, 0) is 9.31 Å². The van der Waals surface area contributed by atoms with Crippen LogP contribution in [0.25, 0.3) is 0 Å². The maximum absolute atomic E-state index is 5.98. The van der Waals surface area contributed by atoms with Gasteiger partial charge in [0.05, 0.1) is 23.0 Å². The topological polar surface area (TPSA) is 56.7 Å². The highest BCUT2D eigenvalue weighted by molar-refractivity contribution is 6.61. The lowest BCUT2D eigenvalue weighted by molar-refractivity contribution is 0.00578. The smallest absolute Gasteiger partial charge is 0.471 e. The van der Waals surface area contributed by atoms with Gasteiger partial charge in [0.2, 0.25) is 5.88 Å². The Hall–Kier alpha value is -1.18. The van der Waals surface area contributed by atoms with E-state index in [9.17, 15) is 0 Å². The molecule has 0 aliphatic carbocycles. The Bertz CT molecular complexity index is 516. The van der Waals surface area contributed by atoms with Crippen LogP contribution in [0.15, 0.2) is 12.4 Å². The first kappa shape index (κ1) is 14.7. The molecule has 0 bridgehead atoms. The van der Waals surface area contributed by atoms with Crippen molar-refractivity contribution in [2.24, 2.45) is 0 Å². The average molecular weight is 291 g/mol. The summed E-state index contributed by atoms with van der Waals surface area (Å²) in [6.07, 6.45) is 3.49. The van der Waals surface area contributed by atoms with E-state index < -0.39 is 7.12 Å². The molecule has 6 nitrogen and oxygen atoms in total. The third kappa shape index (κ3) is 2.77. The van der Waals surface area contributed by atoms with Gasteiger partial charge in [-0.1, -0.05) is 0 Å². The predicted octanol–water partition coefficient (Wildman–Crippen LogP) is 0.469. The summed E-state index contributed by atoms with van der Waals surface area (Å²) >= 11 is 0. The first-order valence-electron chi connectivity index (χ1n) is 7.30. The van der Waals surface area contributed by atoms with Crippen LogP contribution in [0.5, 0.6) is 5.88 Å². The SMILES string of the molecule is CN1CC(Oc2cncc(B3OC(C)(C)C(C)(C)O3)n2)C1. The van der Waals surface area contributed by atoms with Crippen LogP contribution in [-0.4, -0.2) is 59.4 Å². The summed E-state index contributed by atoms with van der Waals surface area (Å²) in [5.74, 6) is 0.528. The van der Waals surface area contributed by atoms with Gasteiger partial charge in [0, 0.05) is 19.3 Å². The van der Waals surface area contributed by atoms with Crippen LogP contribution >= 0.6 is 0 Å². The first-order valence-corrected chi connectivity index (χ1v) is 7.30. The second-order valence-electron chi connectivity index (χ2n) is 6.83. The van der Waals surface area contributed by atoms with Crippen LogP contribution in [0, 0.1) is 0 Å². The van der Waals surface area contributed by atoms with Crippen LogP contribution in [0.4, 0.5) is 0 Å². The largest absolute Gasteiger partial charge is 0.516 e. The number of aromatic nitrogens is 2. The number of likely N-dealkylation sites (N-methyl/N-ethyl adjacent to an activating group) is 1. The Balaban J connectivity index is 1.72. The van der Waals surface area contributed by atoms with Crippen LogP contribution in [0.3, 0.4) is 0 Å². The van der Waals surface area contributed by atoms with Crippen LogP contribution in [0.1, 0.15) is 27.7 Å². The molecule has 0 unspecified atom stereocenters. The normalized spacial score (nSPS) is 24.9. The van der Waals surface area contributed by atoms with E-state index in [1.807, 2.05) is 27.7 Å². The van der Waals surface area contributed by atoms with Crippen molar-refractivity contribution in [3.8, 4) is 5.88 Å². The van der Waals surface area contributed by atoms with Crippen molar-refractivity contribution in [3.63, 3.8) is 0 Å². The van der Waals surface area contributed by atoms with E-state index in [-0.39, 0.29) is 17.3 Å². The lowest BCUT2D eigenvalue weighted by Crippen LogP contribution is -2.51. The molecule has 3 rings (SSSR count). The highest BCUT2D eigenvalue weighted by Gasteiger charge is 2.52. The Morgan fingerprint density at radius 1 is 1.19 bits per heavy atom. The molecule has 1 aromatic rings. The van der Waals surface area contributed by atoms with Gasteiger partial charge in [-0.25, -0.2) is 4.98 Å². The molecule has 2 fully saturated rings. The second kappa shape index (κ2) is 4.93. The fourth-order valence-corrected chi connectivity index (χ4v) is 2.38. The number of nitrogens with zero attached hydrogens (tertiary/aromatic N) is 3. The van der Waals surface area contributed by atoms with E-state index in [1.54, 1.807) is 12.4 Å². The molecule has 0 spiro atoms. The van der Waals surface area contributed by atoms with Crippen molar-refractivity contribution >= 4 is 12.7 Å². The summed E-state index contributed by atoms with van der Waals surface area (Å²) in [6.45, 7) is 9.91. The summed E-state index contributed by atoms with van der Waals surface area (Å²) in [5, 5.41) is 0. The number of rotatable bonds is 3. The molecule has 3 heterocycles. The van der Waals surface area contributed by atoms with Crippen molar-refractivity contribution in [2.75, 3.05) is 20.1 Å². The molecule has 114 valence electrons. The molecule has 2 aliphatic heterocycles. The van der Waals surface area contributed by atoms with E-state index in [4.69, 9.17) is 14.0 Å². The van der Waals surface area contributed by atoms with E-state index in [0.29, 0.717) is 11.5 Å². The lowest BCUT2D eigenvalue weighted by Gasteiger charge is -2.35. The fourth-order valence-electron chi connectivity index (χ4n) is 2.38. The van der Waals surface area contributed by atoms with Crippen molar-refractivity contribution in [3.05, 3.63) is 12.4 Å². The average Bonchev–Trinajstić information content (AvgIpc) is 2.57. The Morgan fingerprint density at radius 3 is 2.38 bits per heavy atom. The quantitative estimate of drug-likeness (QED) is 0.755. The molecule has 21 heavy (non-hydrogen) atoms. The molecule has 2 aliphatic rings. The van der Waals surface area contributed by atoms with Gasteiger partial charge >= 0.3 is 7.12 Å². The van der Waals surface area contributed by atoms with Crippen molar-refractivity contribution in [1.29, 1.82) is 0 Å². The summed E-state index contributed by atoms with van der Waals surface area (Å²) in [7, 11) is 1.56. The summed E-state index contributed by atoms with van der Waals surface area (Å²) in [6, 6.07) is 0. The van der Waals surface area contributed by atoms with Gasteiger partial charge in [0.25, 0.3) is 0 Å². The predicted molar refractivity (Wildman–Crippen MR) is 79.7 cm³/mol. The Kier molecular flexibility index (Phi) is 3.46. The number of hydrogen-bond acceptors (Lipinski definition) is 6. The van der Waals surface area contributed by atoms with E-state index in [2.05, 4.69) is 21.9 Å². The fraction of sp³-hybridized carbons (Fsp3) is 0.714. The summed E-state index contributed by atoms with van der Waals surface area (Å²) in [4.78, 5) is 10.9. The standard InChI is InChI=1S/C14H22BN3O3/c1-13(2)14(3,4)21-15(20-13)11-6-16-7-12(17-11)19-10-8-18(5)9-10/h6-7,10H,8-9H2,1-5H3. The van der Waals surface area contributed by atoms with Crippen LogP contribution < -0.4 is 10.3 Å². The van der Waals surface area contributed by atoms with Crippen molar-refractivity contribution in [2.45, 2.75) is 45.0 Å². The van der Waals surface area contributed by atoms with Gasteiger partial charge in [0.1, 0.15) is 6.10 Å². The maximum atomic E-state index is 5.98. The second-order valence-corrected chi connectivity index (χ2v) is 6.83. The molecular formula is C14H22BN3O3. The molecule has 0 radical (unpaired) electrons. The van der Waals surface area contributed by atoms with Gasteiger partial charge < -0.3 is 14.0 Å². The first-order chi connectivity index (χ1) is 9.77. The summed E-state index contributed by atoms with van der Waals surface area (Å²) in [5.41, 5.74) is -0.112. The number of hydrogen-bond donors (Lipinski definition) is 0. The van der Waals surface area contributed by atoms with E-state index >= 15 is 0 Å². The molecular weight excluding hydrogens is 269 g/mol. The highest BCUT2D eigenvalue weighted by Crippen LogP contribution is 2.36. The monoisotopic (exact) mass is 291 g/mol. The third-order valence-corrected chi connectivity index (χ3v) is 4.44. The van der Waals surface area contributed by atoms with Gasteiger partial charge in [-0.05, 0) is 34.7 Å².